The lowest BCUT2D eigenvalue weighted by atomic mass is 10.0. The fraction of sp³-hybridized carbons (Fsp3) is 0.429. The Balaban J connectivity index is 2.03. The van der Waals surface area contributed by atoms with E-state index < -0.39 is 11.9 Å². The summed E-state index contributed by atoms with van der Waals surface area (Å²) in [6.07, 6.45) is 1.74. The third-order valence-electron chi connectivity index (χ3n) is 3.10. The van der Waals surface area contributed by atoms with Gasteiger partial charge in [0.1, 0.15) is 5.75 Å². The molecule has 0 saturated heterocycles. The Bertz CT molecular complexity index is 498. The van der Waals surface area contributed by atoms with Crippen LogP contribution in [0.1, 0.15) is 25.3 Å². The number of hydrogen-bond acceptors (Lipinski definition) is 3. The molecule has 1 heterocycles. The molecule has 19 heavy (non-hydrogen) atoms. The summed E-state index contributed by atoms with van der Waals surface area (Å²) >= 11 is 0. The van der Waals surface area contributed by atoms with Crippen LogP contribution in [0.25, 0.3) is 0 Å². The van der Waals surface area contributed by atoms with Crippen molar-refractivity contribution in [1.29, 1.82) is 0 Å². The molecule has 0 radical (unpaired) electrons. The normalized spacial score (nSPS) is 15.0. The van der Waals surface area contributed by atoms with Gasteiger partial charge in [0.15, 0.2) is 0 Å². The highest BCUT2D eigenvalue weighted by Gasteiger charge is 2.17. The summed E-state index contributed by atoms with van der Waals surface area (Å²) in [6.45, 7) is 2.33. The average molecular weight is 263 g/mol. The fourth-order valence-electron chi connectivity index (χ4n) is 2.06. The molecule has 0 saturated carbocycles. The lowest BCUT2D eigenvalue weighted by Crippen LogP contribution is -2.22. The number of benzene rings is 1. The van der Waals surface area contributed by atoms with E-state index in [1.54, 1.807) is 13.0 Å². The first-order valence-corrected chi connectivity index (χ1v) is 6.34. The van der Waals surface area contributed by atoms with E-state index >= 15 is 0 Å². The van der Waals surface area contributed by atoms with Crippen LogP contribution in [0.2, 0.25) is 0 Å². The van der Waals surface area contributed by atoms with Crippen LogP contribution in [0, 0.1) is 5.92 Å². The number of nitrogens with one attached hydrogen (secondary N) is 1. The molecule has 0 spiro atoms. The molecule has 0 aromatic heterocycles. The van der Waals surface area contributed by atoms with E-state index in [-0.39, 0.29) is 12.3 Å². The summed E-state index contributed by atoms with van der Waals surface area (Å²) in [6, 6.07) is 5.50. The van der Waals surface area contributed by atoms with Gasteiger partial charge in [-0.05, 0) is 36.6 Å². The van der Waals surface area contributed by atoms with Gasteiger partial charge in [0, 0.05) is 11.6 Å². The Morgan fingerprint density at radius 1 is 1.47 bits per heavy atom. The van der Waals surface area contributed by atoms with Crippen LogP contribution < -0.4 is 10.1 Å². The van der Waals surface area contributed by atoms with Crippen molar-refractivity contribution in [2.45, 2.75) is 26.2 Å². The van der Waals surface area contributed by atoms with Crippen LogP contribution in [-0.2, 0) is 16.0 Å². The fourth-order valence-corrected chi connectivity index (χ4v) is 2.06. The highest BCUT2D eigenvalue weighted by Crippen LogP contribution is 2.27. The molecule has 1 unspecified atom stereocenters. The SMILES string of the molecule is CC(CC(=O)O)C(=O)Nc1ccc2c(c1)CCCO2. The molecule has 5 nitrogen and oxygen atoms in total. The molecule has 2 N–H and O–H groups in total. The Labute approximate surface area is 111 Å². The number of amides is 1. The number of carboxylic acid groups (broad SMARTS) is 1. The van der Waals surface area contributed by atoms with Gasteiger partial charge in [-0.15, -0.1) is 0 Å². The predicted octanol–water partition coefficient (Wildman–Crippen LogP) is 2.06. The van der Waals surface area contributed by atoms with Gasteiger partial charge in [0.05, 0.1) is 13.0 Å². The summed E-state index contributed by atoms with van der Waals surface area (Å²) in [4.78, 5) is 22.4. The third-order valence-corrected chi connectivity index (χ3v) is 3.10. The zero-order chi connectivity index (χ0) is 13.8. The lowest BCUT2D eigenvalue weighted by Gasteiger charge is -2.18. The van der Waals surface area contributed by atoms with Crippen molar-refractivity contribution >= 4 is 17.6 Å². The monoisotopic (exact) mass is 263 g/mol. The van der Waals surface area contributed by atoms with Gasteiger partial charge in [0.25, 0.3) is 0 Å². The van der Waals surface area contributed by atoms with E-state index in [2.05, 4.69) is 5.32 Å². The summed E-state index contributed by atoms with van der Waals surface area (Å²) in [5, 5.41) is 11.4. The maximum atomic E-state index is 11.8. The van der Waals surface area contributed by atoms with Crippen LogP contribution in [0.5, 0.6) is 5.75 Å². The second kappa shape index (κ2) is 5.73. The van der Waals surface area contributed by atoms with E-state index in [1.165, 1.54) is 0 Å². The maximum absolute atomic E-state index is 11.8. The number of rotatable bonds is 4. The number of aliphatic carboxylic acids is 1. The van der Waals surface area contributed by atoms with Crippen molar-refractivity contribution in [1.82, 2.24) is 0 Å². The lowest BCUT2D eigenvalue weighted by molar-refractivity contribution is -0.139. The van der Waals surface area contributed by atoms with E-state index in [4.69, 9.17) is 9.84 Å². The van der Waals surface area contributed by atoms with Gasteiger partial charge >= 0.3 is 5.97 Å². The number of aryl methyl sites for hydroxylation is 1. The number of anilines is 1. The second-order valence-electron chi connectivity index (χ2n) is 4.76. The molecule has 2 rings (SSSR count). The molecule has 0 bridgehead atoms. The van der Waals surface area contributed by atoms with Crippen LogP contribution in [0.4, 0.5) is 5.69 Å². The minimum Gasteiger partial charge on any atom is -0.493 e. The molecule has 1 amide bonds. The van der Waals surface area contributed by atoms with Gasteiger partial charge in [-0.2, -0.15) is 0 Å². The van der Waals surface area contributed by atoms with Crippen molar-refractivity contribution in [2.75, 3.05) is 11.9 Å². The van der Waals surface area contributed by atoms with Crippen LogP contribution in [0.15, 0.2) is 18.2 Å². The molecule has 0 aliphatic carbocycles. The molecule has 102 valence electrons. The standard InChI is InChI=1S/C14H17NO4/c1-9(7-13(16)17)14(18)15-11-4-5-12-10(8-11)3-2-6-19-12/h4-5,8-9H,2-3,6-7H2,1H3,(H,15,18)(H,16,17). The first-order chi connectivity index (χ1) is 9.06. The first-order valence-electron chi connectivity index (χ1n) is 6.34. The largest absolute Gasteiger partial charge is 0.493 e. The quantitative estimate of drug-likeness (QED) is 0.871. The van der Waals surface area contributed by atoms with Crippen molar-refractivity contribution < 1.29 is 19.4 Å². The number of carboxylic acids is 1. The predicted molar refractivity (Wildman–Crippen MR) is 70.3 cm³/mol. The number of hydrogen-bond donors (Lipinski definition) is 2. The molecule has 1 atom stereocenters. The smallest absolute Gasteiger partial charge is 0.304 e. The summed E-state index contributed by atoms with van der Waals surface area (Å²) in [7, 11) is 0. The third kappa shape index (κ3) is 3.47. The number of ether oxygens (including phenoxy) is 1. The maximum Gasteiger partial charge on any atom is 0.304 e. The minimum atomic E-state index is -0.971. The van der Waals surface area contributed by atoms with Gasteiger partial charge in [-0.1, -0.05) is 6.92 Å². The Morgan fingerprint density at radius 2 is 2.26 bits per heavy atom. The summed E-state index contributed by atoms with van der Waals surface area (Å²) in [5.74, 6) is -0.937. The molecular formula is C14H17NO4. The summed E-state index contributed by atoms with van der Waals surface area (Å²) < 4.78 is 5.49. The van der Waals surface area contributed by atoms with Crippen molar-refractivity contribution in [3.8, 4) is 5.75 Å². The first kappa shape index (κ1) is 13.4. The van der Waals surface area contributed by atoms with Gasteiger partial charge in [-0.25, -0.2) is 0 Å². The van der Waals surface area contributed by atoms with E-state index in [9.17, 15) is 9.59 Å². The molecular weight excluding hydrogens is 246 g/mol. The molecule has 1 aromatic rings. The van der Waals surface area contributed by atoms with Crippen LogP contribution in [-0.4, -0.2) is 23.6 Å². The summed E-state index contributed by atoms with van der Waals surface area (Å²) in [5.41, 5.74) is 1.77. The highest BCUT2D eigenvalue weighted by atomic mass is 16.5. The van der Waals surface area contributed by atoms with Crippen molar-refractivity contribution in [3.63, 3.8) is 0 Å². The number of carbonyl (C=O) groups is 2. The van der Waals surface area contributed by atoms with Crippen molar-refractivity contribution in [2.24, 2.45) is 5.92 Å². The van der Waals surface area contributed by atoms with Crippen LogP contribution in [0.3, 0.4) is 0 Å². The zero-order valence-corrected chi connectivity index (χ0v) is 10.8. The molecule has 1 aliphatic heterocycles. The highest BCUT2D eigenvalue weighted by molar-refractivity contribution is 5.94. The van der Waals surface area contributed by atoms with E-state index in [0.29, 0.717) is 5.69 Å². The van der Waals surface area contributed by atoms with E-state index in [1.807, 2.05) is 12.1 Å². The zero-order valence-electron chi connectivity index (χ0n) is 10.8. The topological polar surface area (TPSA) is 75.6 Å². The Hall–Kier alpha value is -2.04. The van der Waals surface area contributed by atoms with E-state index in [0.717, 1.165) is 30.8 Å². The molecule has 1 aliphatic rings. The number of carbonyl (C=O) groups excluding carboxylic acids is 1. The van der Waals surface area contributed by atoms with Gasteiger partial charge in [0.2, 0.25) is 5.91 Å². The molecule has 1 aromatic carbocycles. The van der Waals surface area contributed by atoms with Gasteiger partial charge in [-0.3, -0.25) is 9.59 Å². The second-order valence-corrected chi connectivity index (χ2v) is 4.76. The Morgan fingerprint density at radius 3 is 3.00 bits per heavy atom. The minimum absolute atomic E-state index is 0.167. The molecule has 5 heteroatoms. The Kier molecular flexibility index (Phi) is 4.04. The van der Waals surface area contributed by atoms with Gasteiger partial charge < -0.3 is 15.2 Å². The van der Waals surface area contributed by atoms with Crippen LogP contribution >= 0.6 is 0 Å². The molecule has 0 fully saturated rings. The van der Waals surface area contributed by atoms with Crippen molar-refractivity contribution in [3.05, 3.63) is 23.8 Å². The average Bonchev–Trinajstić information content (AvgIpc) is 2.37. The number of fused-ring (bicyclic) bond motifs is 1.